The van der Waals surface area contributed by atoms with Gasteiger partial charge in [-0.05, 0) is 12.8 Å². The van der Waals surface area contributed by atoms with E-state index in [0.29, 0.717) is 6.42 Å². The second kappa shape index (κ2) is 6.40. The molecule has 1 fully saturated rings. The van der Waals surface area contributed by atoms with Crippen molar-refractivity contribution in [2.75, 3.05) is 12.4 Å². The Morgan fingerprint density at radius 3 is 2.32 bits per heavy atom. The molecular weight excluding hydrogens is 286 g/mol. The quantitative estimate of drug-likeness (QED) is 0.458. The lowest BCUT2D eigenvalue weighted by molar-refractivity contribution is -0.113. The number of alkyl halides is 2. The van der Waals surface area contributed by atoms with E-state index in [-0.39, 0.29) is 19.3 Å². The lowest BCUT2D eigenvalue weighted by atomic mass is 10.0. The van der Waals surface area contributed by atoms with Crippen LogP contribution in [0.1, 0.15) is 25.7 Å². The molecule has 0 amide bonds. The van der Waals surface area contributed by atoms with Gasteiger partial charge >= 0.3 is 5.92 Å². The van der Waals surface area contributed by atoms with Gasteiger partial charge in [0.1, 0.15) is 18.3 Å². The summed E-state index contributed by atoms with van der Waals surface area (Å²) < 4.78 is 61.2. The minimum absolute atomic E-state index is 0.0496. The van der Waals surface area contributed by atoms with Crippen molar-refractivity contribution in [1.29, 1.82) is 0 Å². The average Bonchev–Trinajstić information content (AvgIpc) is 2.50. The SMILES string of the molecule is O=S(=O)(O)CCCCCC1O[C@H](CO)[C@@H](O)C1(F)F. The molecule has 3 N–H and O–H groups in total. The number of hydrogen-bond donors (Lipinski definition) is 3. The Balaban J connectivity index is 2.34. The van der Waals surface area contributed by atoms with Crippen LogP contribution in [-0.4, -0.2) is 59.8 Å². The topological polar surface area (TPSA) is 104 Å². The Labute approximate surface area is 110 Å². The van der Waals surface area contributed by atoms with E-state index in [1.165, 1.54) is 0 Å². The fraction of sp³-hybridized carbons (Fsp3) is 1.00. The van der Waals surface area contributed by atoms with Gasteiger partial charge in [0, 0.05) is 0 Å². The molecule has 0 aromatic heterocycles. The zero-order chi connectivity index (χ0) is 14.7. The Kier molecular flexibility index (Phi) is 5.63. The van der Waals surface area contributed by atoms with Crippen LogP contribution in [-0.2, 0) is 14.9 Å². The van der Waals surface area contributed by atoms with Gasteiger partial charge in [0.25, 0.3) is 10.1 Å². The molecule has 0 bridgehead atoms. The number of aliphatic hydroxyl groups excluding tert-OH is 2. The molecular formula is C10H18F2O6S. The van der Waals surface area contributed by atoms with Crippen molar-refractivity contribution in [3.05, 3.63) is 0 Å². The minimum Gasteiger partial charge on any atom is -0.394 e. The molecule has 9 heteroatoms. The van der Waals surface area contributed by atoms with E-state index in [4.69, 9.17) is 14.4 Å². The Morgan fingerprint density at radius 2 is 1.84 bits per heavy atom. The standard InChI is InChI=1S/C10H18F2O6S/c11-10(12)8(18-7(6-13)9(10)14)4-2-1-3-5-19(15,16)17/h7-9,13-14H,1-6H2,(H,15,16,17)/t7-,8?,9-/m1/s1. The number of rotatable bonds is 7. The van der Waals surface area contributed by atoms with Gasteiger partial charge in [-0.3, -0.25) is 4.55 Å². The van der Waals surface area contributed by atoms with Crippen LogP contribution in [0.15, 0.2) is 0 Å². The first kappa shape index (κ1) is 16.7. The van der Waals surface area contributed by atoms with E-state index in [2.05, 4.69) is 0 Å². The van der Waals surface area contributed by atoms with Gasteiger partial charge in [0.15, 0.2) is 0 Å². The fourth-order valence-corrected chi connectivity index (χ4v) is 2.58. The van der Waals surface area contributed by atoms with Crippen LogP contribution in [0.5, 0.6) is 0 Å². The van der Waals surface area contributed by atoms with Crippen LogP contribution in [0.4, 0.5) is 8.78 Å². The molecule has 1 unspecified atom stereocenters. The third-order valence-corrected chi connectivity index (χ3v) is 3.87. The largest absolute Gasteiger partial charge is 0.394 e. The predicted molar refractivity (Wildman–Crippen MR) is 61.6 cm³/mol. The van der Waals surface area contributed by atoms with Gasteiger partial charge < -0.3 is 14.9 Å². The van der Waals surface area contributed by atoms with Gasteiger partial charge in [-0.15, -0.1) is 0 Å². The average molecular weight is 304 g/mol. The normalized spacial score (nSPS) is 30.7. The van der Waals surface area contributed by atoms with E-state index >= 15 is 0 Å². The summed E-state index contributed by atoms with van der Waals surface area (Å²) in [7, 11) is -4.02. The van der Waals surface area contributed by atoms with Crippen molar-refractivity contribution in [2.24, 2.45) is 0 Å². The highest BCUT2D eigenvalue weighted by Crippen LogP contribution is 2.38. The molecule has 1 rings (SSSR count). The Hall–Kier alpha value is -0.350. The monoisotopic (exact) mass is 304 g/mol. The summed E-state index contributed by atoms with van der Waals surface area (Å²) in [5, 5.41) is 18.0. The van der Waals surface area contributed by atoms with Crippen molar-refractivity contribution in [3.63, 3.8) is 0 Å². The summed E-state index contributed by atoms with van der Waals surface area (Å²) in [6.45, 7) is -0.685. The lowest BCUT2D eigenvalue weighted by Crippen LogP contribution is -2.40. The molecule has 0 spiro atoms. The van der Waals surface area contributed by atoms with Crippen LogP contribution in [0, 0.1) is 0 Å². The highest BCUT2D eigenvalue weighted by atomic mass is 32.2. The van der Waals surface area contributed by atoms with Gasteiger partial charge in [-0.1, -0.05) is 12.8 Å². The molecule has 1 heterocycles. The molecule has 0 aromatic carbocycles. The van der Waals surface area contributed by atoms with Crippen molar-refractivity contribution < 1.29 is 36.7 Å². The number of aliphatic hydroxyl groups is 2. The Bertz CT molecular complexity index is 385. The summed E-state index contributed by atoms with van der Waals surface area (Å²) in [4.78, 5) is 0. The molecule has 0 aromatic rings. The van der Waals surface area contributed by atoms with Crippen molar-refractivity contribution >= 4 is 10.1 Å². The summed E-state index contributed by atoms with van der Waals surface area (Å²) >= 11 is 0. The summed E-state index contributed by atoms with van der Waals surface area (Å²) in [5.74, 6) is -3.83. The maximum atomic E-state index is 13.5. The number of unbranched alkanes of at least 4 members (excludes halogenated alkanes) is 2. The van der Waals surface area contributed by atoms with E-state index in [1.54, 1.807) is 0 Å². The van der Waals surface area contributed by atoms with Crippen LogP contribution in [0.25, 0.3) is 0 Å². The molecule has 1 aliphatic rings. The van der Waals surface area contributed by atoms with Crippen LogP contribution in [0.3, 0.4) is 0 Å². The summed E-state index contributed by atoms with van der Waals surface area (Å²) in [6, 6.07) is 0. The first-order valence-electron chi connectivity index (χ1n) is 5.96. The maximum absolute atomic E-state index is 13.5. The zero-order valence-electron chi connectivity index (χ0n) is 10.2. The molecule has 0 aliphatic carbocycles. The van der Waals surface area contributed by atoms with Crippen LogP contribution in [0.2, 0.25) is 0 Å². The van der Waals surface area contributed by atoms with E-state index in [0.717, 1.165) is 0 Å². The predicted octanol–water partition coefficient (Wildman–Crippen LogP) is 0.191. The maximum Gasteiger partial charge on any atom is 0.301 e. The molecule has 0 radical (unpaired) electrons. The molecule has 114 valence electrons. The van der Waals surface area contributed by atoms with E-state index < -0.39 is 46.7 Å². The van der Waals surface area contributed by atoms with Crippen LogP contribution >= 0.6 is 0 Å². The first-order chi connectivity index (χ1) is 8.68. The van der Waals surface area contributed by atoms with Crippen molar-refractivity contribution in [1.82, 2.24) is 0 Å². The van der Waals surface area contributed by atoms with Gasteiger partial charge in [-0.25, -0.2) is 8.78 Å². The number of halogens is 2. The number of hydrogen-bond acceptors (Lipinski definition) is 5. The summed E-state index contributed by atoms with van der Waals surface area (Å²) in [5.41, 5.74) is 0. The lowest BCUT2D eigenvalue weighted by Gasteiger charge is -2.19. The fourth-order valence-electron chi connectivity index (χ4n) is 2.01. The van der Waals surface area contributed by atoms with Gasteiger partial charge in [-0.2, -0.15) is 8.42 Å². The third-order valence-electron chi connectivity index (χ3n) is 3.06. The first-order valence-corrected chi connectivity index (χ1v) is 7.56. The number of ether oxygens (including phenoxy) is 1. The minimum atomic E-state index is -4.02. The molecule has 0 saturated carbocycles. The molecule has 1 saturated heterocycles. The second-order valence-corrected chi connectivity index (χ2v) is 6.17. The van der Waals surface area contributed by atoms with E-state index in [9.17, 15) is 22.3 Å². The van der Waals surface area contributed by atoms with Crippen LogP contribution < -0.4 is 0 Å². The Morgan fingerprint density at radius 1 is 1.21 bits per heavy atom. The smallest absolute Gasteiger partial charge is 0.301 e. The van der Waals surface area contributed by atoms with Crippen molar-refractivity contribution in [3.8, 4) is 0 Å². The third kappa shape index (κ3) is 4.60. The highest BCUT2D eigenvalue weighted by Gasteiger charge is 2.57. The molecule has 19 heavy (non-hydrogen) atoms. The summed E-state index contributed by atoms with van der Waals surface area (Å²) in [6.07, 6.45) is -4.06. The zero-order valence-corrected chi connectivity index (χ0v) is 11.0. The molecule has 3 atom stereocenters. The highest BCUT2D eigenvalue weighted by molar-refractivity contribution is 7.85. The van der Waals surface area contributed by atoms with Crippen molar-refractivity contribution in [2.45, 2.75) is 49.9 Å². The van der Waals surface area contributed by atoms with Gasteiger partial charge in [0.2, 0.25) is 0 Å². The van der Waals surface area contributed by atoms with E-state index in [1.807, 2.05) is 0 Å². The molecule has 6 nitrogen and oxygen atoms in total. The second-order valence-electron chi connectivity index (χ2n) is 4.60. The molecule has 1 aliphatic heterocycles. The van der Waals surface area contributed by atoms with Gasteiger partial charge in [0.05, 0.1) is 12.4 Å².